The fraction of sp³-hybridized carbons (Fsp3) is 0.222. The molecule has 0 aliphatic carbocycles. The Morgan fingerprint density at radius 2 is 1.68 bits per heavy atom. The molecule has 0 aliphatic heterocycles. The normalized spacial score (nSPS) is 12.5. The molecule has 116 valence electrons. The molecule has 0 amide bonds. The molecule has 22 heavy (non-hydrogen) atoms. The molecular weight excluding hydrogens is 317 g/mol. The predicted octanol–water partition coefficient (Wildman–Crippen LogP) is 5.08. The molecule has 0 saturated heterocycles. The zero-order valence-electron chi connectivity index (χ0n) is 12.9. The topological polar surface area (TPSA) is 23.5 Å². The van der Waals surface area contributed by atoms with E-state index in [1.807, 2.05) is 38.4 Å². The van der Waals surface area contributed by atoms with Crippen molar-refractivity contribution < 1.29 is 5.11 Å². The Kier molecular flexibility index (Phi) is 5.52. The minimum Gasteiger partial charge on any atom is -0.508 e. The van der Waals surface area contributed by atoms with Crippen molar-refractivity contribution in [2.24, 2.45) is 0 Å². The van der Waals surface area contributed by atoms with E-state index >= 15 is 0 Å². The highest BCUT2D eigenvalue weighted by Gasteiger charge is 2.12. The minimum absolute atomic E-state index is 0.243. The second kappa shape index (κ2) is 7.19. The molecule has 0 heterocycles. The Bertz CT molecular complexity index is 708. The summed E-state index contributed by atoms with van der Waals surface area (Å²) in [5.74, 6) is 0.243. The third-order valence-corrected chi connectivity index (χ3v) is 4.06. The molecule has 0 saturated carbocycles. The first kappa shape index (κ1) is 16.9. The molecule has 2 rings (SSSR count). The van der Waals surface area contributed by atoms with Crippen molar-refractivity contribution in [2.75, 3.05) is 20.6 Å². The third-order valence-electron chi connectivity index (χ3n) is 3.32. The van der Waals surface area contributed by atoms with E-state index in [-0.39, 0.29) is 5.75 Å². The summed E-state index contributed by atoms with van der Waals surface area (Å²) in [6, 6.07) is 12.9. The van der Waals surface area contributed by atoms with Gasteiger partial charge in [0.2, 0.25) is 0 Å². The Morgan fingerprint density at radius 1 is 1.00 bits per heavy atom. The van der Waals surface area contributed by atoms with Crippen molar-refractivity contribution in [1.82, 2.24) is 4.90 Å². The quantitative estimate of drug-likeness (QED) is 0.841. The lowest BCUT2D eigenvalue weighted by atomic mass is 9.93. The van der Waals surface area contributed by atoms with E-state index in [1.165, 1.54) is 5.57 Å². The van der Waals surface area contributed by atoms with Crippen LogP contribution in [-0.2, 0) is 0 Å². The van der Waals surface area contributed by atoms with Crippen LogP contribution in [0.15, 0.2) is 48.0 Å². The van der Waals surface area contributed by atoms with E-state index in [0.29, 0.717) is 10.0 Å². The maximum atomic E-state index is 9.79. The van der Waals surface area contributed by atoms with Gasteiger partial charge in [0.25, 0.3) is 0 Å². The van der Waals surface area contributed by atoms with Gasteiger partial charge in [-0.3, -0.25) is 0 Å². The van der Waals surface area contributed by atoms with Gasteiger partial charge in [0.1, 0.15) is 5.75 Å². The van der Waals surface area contributed by atoms with E-state index in [9.17, 15) is 5.11 Å². The Labute approximate surface area is 141 Å². The molecule has 2 nitrogen and oxygen atoms in total. The largest absolute Gasteiger partial charge is 0.508 e. The Balaban J connectivity index is 2.62. The monoisotopic (exact) mass is 335 g/mol. The summed E-state index contributed by atoms with van der Waals surface area (Å²) < 4.78 is 0. The summed E-state index contributed by atoms with van der Waals surface area (Å²) in [4.78, 5) is 2.11. The lowest BCUT2D eigenvalue weighted by Gasteiger charge is -2.17. The van der Waals surface area contributed by atoms with Crippen molar-refractivity contribution in [3.05, 3.63) is 69.2 Å². The molecule has 0 atom stereocenters. The Hall–Kier alpha value is -1.48. The molecule has 0 aromatic heterocycles. The zero-order chi connectivity index (χ0) is 16.3. The number of halogens is 2. The molecule has 0 bridgehead atoms. The van der Waals surface area contributed by atoms with Gasteiger partial charge >= 0.3 is 0 Å². The predicted molar refractivity (Wildman–Crippen MR) is 94.8 cm³/mol. The number of nitrogens with zero attached hydrogens (tertiary/aromatic N) is 1. The smallest absolute Gasteiger partial charge is 0.116 e. The van der Waals surface area contributed by atoms with E-state index in [2.05, 4.69) is 11.8 Å². The molecule has 1 N–H and O–H groups in total. The van der Waals surface area contributed by atoms with E-state index < -0.39 is 0 Å². The molecular formula is C18H19Cl2NO. The first-order valence-corrected chi connectivity index (χ1v) is 7.73. The highest BCUT2D eigenvalue weighted by Crippen LogP contribution is 2.33. The Morgan fingerprint density at radius 3 is 2.27 bits per heavy atom. The van der Waals surface area contributed by atoms with Gasteiger partial charge < -0.3 is 10.0 Å². The van der Waals surface area contributed by atoms with Crippen LogP contribution in [0.5, 0.6) is 5.75 Å². The van der Waals surface area contributed by atoms with Crippen LogP contribution in [0.4, 0.5) is 0 Å². The summed E-state index contributed by atoms with van der Waals surface area (Å²) in [6.07, 6.45) is 0. The average molecular weight is 336 g/mol. The van der Waals surface area contributed by atoms with Crippen LogP contribution in [0.25, 0.3) is 5.57 Å². The van der Waals surface area contributed by atoms with Crippen LogP contribution in [-0.4, -0.2) is 30.6 Å². The number of aromatic hydroxyl groups is 1. The van der Waals surface area contributed by atoms with Gasteiger partial charge in [-0.05, 0) is 62.0 Å². The van der Waals surface area contributed by atoms with Crippen LogP contribution in [0.2, 0.25) is 10.0 Å². The average Bonchev–Trinajstić information content (AvgIpc) is 2.42. The van der Waals surface area contributed by atoms with Crippen LogP contribution >= 0.6 is 23.2 Å². The van der Waals surface area contributed by atoms with Crippen molar-refractivity contribution in [3.63, 3.8) is 0 Å². The van der Waals surface area contributed by atoms with Crippen molar-refractivity contribution in [2.45, 2.75) is 6.92 Å². The van der Waals surface area contributed by atoms with E-state index in [1.54, 1.807) is 18.2 Å². The third kappa shape index (κ3) is 4.04. The molecule has 0 radical (unpaired) electrons. The molecule has 2 aromatic carbocycles. The number of rotatable bonds is 4. The van der Waals surface area contributed by atoms with Gasteiger partial charge in [-0.1, -0.05) is 47.0 Å². The summed E-state index contributed by atoms with van der Waals surface area (Å²) in [5.41, 5.74) is 4.19. The van der Waals surface area contributed by atoms with Crippen molar-refractivity contribution in [3.8, 4) is 5.75 Å². The minimum atomic E-state index is 0.243. The fourth-order valence-corrected chi connectivity index (χ4v) is 2.82. The number of phenolic OH excluding ortho intramolecular Hbond substituents is 1. The van der Waals surface area contributed by atoms with Gasteiger partial charge in [0.05, 0.1) is 10.0 Å². The second-order valence-corrected chi connectivity index (χ2v) is 6.39. The van der Waals surface area contributed by atoms with Crippen molar-refractivity contribution >= 4 is 28.8 Å². The van der Waals surface area contributed by atoms with Crippen LogP contribution in [0.3, 0.4) is 0 Å². The lowest BCUT2D eigenvalue weighted by Crippen LogP contribution is -2.15. The van der Waals surface area contributed by atoms with Crippen molar-refractivity contribution in [1.29, 1.82) is 0 Å². The first-order valence-electron chi connectivity index (χ1n) is 6.98. The van der Waals surface area contributed by atoms with Crippen LogP contribution in [0.1, 0.15) is 18.1 Å². The first-order chi connectivity index (χ1) is 10.4. The number of hydrogen-bond donors (Lipinski definition) is 1. The highest BCUT2D eigenvalue weighted by atomic mass is 35.5. The van der Waals surface area contributed by atoms with Gasteiger partial charge in [-0.2, -0.15) is 0 Å². The van der Waals surface area contributed by atoms with E-state index in [4.69, 9.17) is 23.2 Å². The van der Waals surface area contributed by atoms with E-state index in [0.717, 1.165) is 23.2 Å². The highest BCUT2D eigenvalue weighted by molar-refractivity contribution is 6.42. The number of hydrogen-bond acceptors (Lipinski definition) is 2. The summed E-state index contributed by atoms with van der Waals surface area (Å²) in [6.45, 7) is 2.90. The molecule has 0 aliphatic rings. The number of benzene rings is 2. The standard InChI is InChI=1S/C18H19Cl2NO/c1-12(11-21(2)3)18(13-5-4-6-15(22)9-13)14-7-8-16(19)17(20)10-14/h4-10,22H,11H2,1-3H3. The molecule has 4 heteroatoms. The maximum absolute atomic E-state index is 9.79. The summed E-state index contributed by atoms with van der Waals surface area (Å²) >= 11 is 12.2. The lowest BCUT2D eigenvalue weighted by molar-refractivity contribution is 0.446. The van der Waals surface area contributed by atoms with Crippen LogP contribution in [0, 0.1) is 0 Å². The zero-order valence-corrected chi connectivity index (χ0v) is 14.4. The number of likely N-dealkylation sites (N-methyl/N-ethyl adjacent to an activating group) is 1. The number of phenols is 1. The molecule has 0 spiro atoms. The molecule has 2 aromatic rings. The molecule has 0 fully saturated rings. The summed E-state index contributed by atoms with van der Waals surface area (Å²) in [7, 11) is 4.05. The summed E-state index contributed by atoms with van der Waals surface area (Å²) in [5, 5.41) is 10.8. The van der Waals surface area contributed by atoms with Gasteiger partial charge in [-0.15, -0.1) is 0 Å². The van der Waals surface area contributed by atoms with Crippen LogP contribution < -0.4 is 0 Å². The van der Waals surface area contributed by atoms with Gasteiger partial charge in [0.15, 0.2) is 0 Å². The SMILES string of the molecule is CC(CN(C)C)=C(c1cccc(O)c1)c1ccc(Cl)c(Cl)c1. The van der Waals surface area contributed by atoms with Gasteiger partial charge in [0, 0.05) is 6.54 Å². The van der Waals surface area contributed by atoms with Gasteiger partial charge in [-0.25, -0.2) is 0 Å². The molecule has 0 unspecified atom stereocenters. The maximum Gasteiger partial charge on any atom is 0.116 e. The second-order valence-electron chi connectivity index (χ2n) is 5.57. The fourth-order valence-electron chi connectivity index (χ4n) is 2.53.